The highest BCUT2D eigenvalue weighted by Gasteiger charge is 2.06. The summed E-state index contributed by atoms with van der Waals surface area (Å²) in [5.74, 6) is 0. The van der Waals surface area contributed by atoms with Gasteiger partial charge in [-0.3, -0.25) is 0 Å². The lowest BCUT2D eigenvalue weighted by molar-refractivity contribution is 0.418. The number of hydrogen-bond donors (Lipinski definition) is 2. The second kappa shape index (κ2) is 6.15. The summed E-state index contributed by atoms with van der Waals surface area (Å²) < 4.78 is 3.81. The maximum Gasteiger partial charge on any atom is 0.0666 e. The third-order valence-electron chi connectivity index (χ3n) is 1.89. The largest absolute Gasteiger partial charge is 0.312 e. The van der Waals surface area contributed by atoms with Crippen LogP contribution in [0, 0.1) is 0 Å². The third kappa shape index (κ3) is 6.54. The Morgan fingerprint density at radius 2 is 2.13 bits per heavy atom. The number of hydrogen-bond acceptors (Lipinski definition) is 5. The van der Waals surface area contributed by atoms with Gasteiger partial charge in [0.05, 0.1) is 11.1 Å². The molecule has 0 fully saturated rings. The van der Waals surface area contributed by atoms with E-state index in [0.717, 1.165) is 26.1 Å². The van der Waals surface area contributed by atoms with E-state index in [1.54, 1.807) is 0 Å². The molecule has 0 aromatic carbocycles. The first-order valence-corrected chi connectivity index (χ1v) is 6.07. The predicted molar refractivity (Wildman–Crippen MR) is 64.0 cm³/mol. The van der Waals surface area contributed by atoms with Gasteiger partial charge in [-0.25, -0.2) is 0 Å². The van der Waals surface area contributed by atoms with E-state index in [-0.39, 0.29) is 5.54 Å². The second-order valence-electron chi connectivity index (χ2n) is 4.59. The van der Waals surface area contributed by atoms with Gasteiger partial charge in [0.1, 0.15) is 0 Å². The zero-order valence-electron chi connectivity index (χ0n) is 9.71. The quantitative estimate of drug-likeness (QED) is 0.723. The monoisotopic (exact) mass is 228 g/mol. The van der Waals surface area contributed by atoms with Crippen LogP contribution in [0.15, 0.2) is 6.20 Å². The molecule has 0 radical (unpaired) electrons. The van der Waals surface area contributed by atoms with Crippen LogP contribution in [0.4, 0.5) is 0 Å². The van der Waals surface area contributed by atoms with Crippen LogP contribution in [-0.4, -0.2) is 28.2 Å². The van der Waals surface area contributed by atoms with Crippen LogP contribution in [0.25, 0.3) is 0 Å². The zero-order valence-corrected chi connectivity index (χ0v) is 10.5. The van der Waals surface area contributed by atoms with E-state index >= 15 is 0 Å². The Hall–Kier alpha value is -0.520. The summed E-state index contributed by atoms with van der Waals surface area (Å²) in [5.41, 5.74) is 0.224. The first-order valence-electron chi connectivity index (χ1n) is 5.30. The number of rotatable bonds is 6. The van der Waals surface area contributed by atoms with Crippen molar-refractivity contribution in [2.24, 2.45) is 0 Å². The molecule has 15 heavy (non-hydrogen) atoms. The fraction of sp³-hybridized carbons (Fsp3) is 0.800. The minimum Gasteiger partial charge on any atom is -0.312 e. The van der Waals surface area contributed by atoms with Crippen molar-refractivity contribution in [3.05, 3.63) is 11.1 Å². The lowest BCUT2D eigenvalue weighted by Crippen LogP contribution is -2.37. The Kier molecular flexibility index (Phi) is 5.14. The molecule has 1 rings (SSSR count). The Labute approximate surface area is 95.6 Å². The summed E-state index contributed by atoms with van der Waals surface area (Å²) in [7, 11) is 0. The van der Waals surface area contributed by atoms with E-state index in [9.17, 15) is 0 Å². The molecule has 0 atom stereocenters. The smallest absolute Gasteiger partial charge is 0.0666 e. The van der Waals surface area contributed by atoms with Crippen LogP contribution in [0.5, 0.6) is 0 Å². The number of aromatic nitrogens is 2. The normalized spacial score (nSPS) is 11.9. The van der Waals surface area contributed by atoms with Crippen molar-refractivity contribution in [2.45, 2.75) is 39.3 Å². The average Bonchev–Trinajstić information content (AvgIpc) is 2.61. The average molecular weight is 228 g/mol. The van der Waals surface area contributed by atoms with Crippen molar-refractivity contribution in [3.63, 3.8) is 0 Å². The van der Waals surface area contributed by atoms with Crippen LogP contribution in [0.3, 0.4) is 0 Å². The van der Waals surface area contributed by atoms with Crippen LogP contribution in [0.1, 0.15) is 32.1 Å². The van der Waals surface area contributed by atoms with Gasteiger partial charge in [-0.15, -0.1) is 5.10 Å². The SMILES string of the molecule is CC(C)(C)NCCCNCc1cnns1. The molecule has 0 aliphatic rings. The molecule has 4 nitrogen and oxygen atoms in total. The summed E-state index contributed by atoms with van der Waals surface area (Å²) in [4.78, 5) is 1.19. The molecule has 1 aromatic rings. The van der Waals surface area contributed by atoms with Crippen molar-refractivity contribution >= 4 is 11.5 Å². The first-order chi connectivity index (χ1) is 7.08. The van der Waals surface area contributed by atoms with E-state index < -0.39 is 0 Å². The Balaban J connectivity index is 1.94. The fourth-order valence-corrected chi connectivity index (χ4v) is 1.61. The Bertz CT molecular complexity index is 253. The van der Waals surface area contributed by atoms with E-state index in [1.165, 1.54) is 16.4 Å². The highest BCUT2D eigenvalue weighted by molar-refractivity contribution is 7.05. The predicted octanol–water partition coefficient (Wildman–Crippen LogP) is 1.41. The van der Waals surface area contributed by atoms with Gasteiger partial charge in [-0.2, -0.15) is 0 Å². The molecule has 1 aromatic heterocycles. The highest BCUT2D eigenvalue weighted by atomic mass is 32.1. The molecule has 0 saturated heterocycles. The van der Waals surface area contributed by atoms with E-state index in [2.05, 4.69) is 41.0 Å². The van der Waals surface area contributed by atoms with Gasteiger partial charge in [-0.05, 0) is 51.8 Å². The van der Waals surface area contributed by atoms with Gasteiger partial charge < -0.3 is 10.6 Å². The van der Waals surface area contributed by atoms with Gasteiger partial charge in [0.15, 0.2) is 0 Å². The molecule has 0 amide bonds. The fourth-order valence-electron chi connectivity index (χ4n) is 1.15. The molecule has 86 valence electrons. The lowest BCUT2D eigenvalue weighted by atomic mass is 10.1. The molecule has 0 aliphatic carbocycles. The van der Waals surface area contributed by atoms with Crippen molar-refractivity contribution in [2.75, 3.05) is 13.1 Å². The number of nitrogens with one attached hydrogen (secondary N) is 2. The van der Waals surface area contributed by atoms with E-state index in [1.807, 2.05) is 6.20 Å². The molecule has 0 aliphatic heterocycles. The third-order valence-corrected chi connectivity index (χ3v) is 2.55. The van der Waals surface area contributed by atoms with Crippen LogP contribution in [-0.2, 0) is 6.54 Å². The molecule has 0 saturated carbocycles. The van der Waals surface area contributed by atoms with Crippen LogP contribution >= 0.6 is 11.5 Å². The van der Waals surface area contributed by atoms with Crippen molar-refractivity contribution in [1.29, 1.82) is 0 Å². The summed E-state index contributed by atoms with van der Waals surface area (Å²) in [5, 5.41) is 10.6. The van der Waals surface area contributed by atoms with Gasteiger partial charge in [0.25, 0.3) is 0 Å². The molecule has 0 spiro atoms. The van der Waals surface area contributed by atoms with Crippen molar-refractivity contribution < 1.29 is 0 Å². The molecule has 0 unspecified atom stereocenters. The van der Waals surface area contributed by atoms with Gasteiger partial charge in [0, 0.05) is 12.1 Å². The molecule has 5 heteroatoms. The van der Waals surface area contributed by atoms with Crippen LogP contribution < -0.4 is 10.6 Å². The zero-order chi connectivity index (χ0) is 11.1. The Morgan fingerprint density at radius 3 is 2.73 bits per heavy atom. The van der Waals surface area contributed by atoms with Crippen molar-refractivity contribution in [3.8, 4) is 0 Å². The van der Waals surface area contributed by atoms with Crippen molar-refractivity contribution in [1.82, 2.24) is 20.2 Å². The van der Waals surface area contributed by atoms with Gasteiger partial charge in [0.2, 0.25) is 0 Å². The topological polar surface area (TPSA) is 49.8 Å². The summed E-state index contributed by atoms with van der Waals surface area (Å²) in [6.45, 7) is 9.52. The maximum absolute atomic E-state index is 3.81. The summed E-state index contributed by atoms with van der Waals surface area (Å²) >= 11 is 1.45. The molecule has 1 heterocycles. The van der Waals surface area contributed by atoms with Gasteiger partial charge >= 0.3 is 0 Å². The Morgan fingerprint density at radius 1 is 1.33 bits per heavy atom. The van der Waals surface area contributed by atoms with E-state index in [0.29, 0.717) is 0 Å². The molecular formula is C10H20N4S. The minimum atomic E-state index is 0.224. The standard InChI is InChI=1S/C10H20N4S/c1-10(2,3)12-6-4-5-11-7-9-8-13-14-15-9/h8,11-12H,4-7H2,1-3H3. The summed E-state index contributed by atoms with van der Waals surface area (Å²) in [6, 6.07) is 0. The van der Waals surface area contributed by atoms with E-state index in [4.69, 9.17) is 0 Å². The molecule has 0 bridgehead atoms. The number of nitrogens with zero attached hydrogens (tertiary/aromatic N) is 2. The minimum absolute atomic E-state index is 0.224. The first kappa shape index (κ1) is 12.5. The van der Waals surface area contributed by atoms with Gasteiger partial charge in [-0.1, -0.05) is 4.49 Å². The maximum atomic E-state index is 3.81. The molecular weight excluding hydrogens is 208 g/mol. The second-order valence-corrected chi connectivity index (χ2v) is 5.46. The van der Waals surface area contributed by atoms with Crippen LogP contribution in [0.2, 0.25) is 0 Å². The molecule has 2 N–H and O–H groups in total. The highest BCUT2D eigenvalue weighted by Crippen LogP contribution is 2.00. The lowest BCUT2D eigenvalue weighted by Gasteiger charge is -2.20. The summed E-state index contributed by atoms with van der Waals surface area (Å²) in [6.07, 6.45) is 2.95.